The molecule has 1 atom stereocenters. The summed E-state index contributed by atoms with van der Waals surface area (Å²) < 4.78 is 0. The van der Waals surface area contributed by atoms with E-state index >= 15 is 0 Å². The van der Waals surface area contributed by atoms with Gasteiger partial charge in [-0.2, -0.15) is 0 Å². The third kappa shape index (κ3) is 5.33. The number of pyridine rings is 1. The molecule has 5 rings (SSSR count). The van der Waals surface area contributed by atoms with Crippen LogP contribution >= 0.6 is 0 Å². The Hall–Kier alpha value is -3.52. The molecule has 1 saturated heterocycles. The van der Waals surface area contributed by atoms with Crippen LogP contribution in [-0.2, 0) is 20.9 Å². The molecule has 1 aromatic heterocycles. The average molecular weight is 488 g/mol. The van der Waals surface area contributed by atoms with E-state index in [1.54, 1.807) is 23.2 Å². The lowest BCUT2D eigenvalue weighted by Crippen LogP contribution is -2.57. The molecule has 4 aliphatic rings. The molecule has 0 radical (unpaired) electrons. The number of amides is 3. The zero-order valence-corrected chi connectivity index (χ0v) is 20.8. The maximum Gasteiger partial charge on any atom is 0.246 e. The van der Waals surface area contributed by atoms with E-state index in [1.165, 1.54) is 18.1 Å². The quantitative estimate of drug-likeness (QED) is 0.663. The average Bonchev–Trinajstić information content (AvgIpc) is 3.22. The molecular weight excluding hydrogens is 454 g/mol. The van der Waals surface area contributed by atoms with Crippen LogP contribution in [-0.4, -0.2) is 76.2 Å². The lowest BCUT2D eigenvalue weighted by atomic mass is 9.97. The van der Waals surface area contributed by atoms with Crippen molar-refractivity contribution in [1.82, 2.24) is 19.7 Å². The number of hydrogen-bond acceptors (Lipinski definition) is 5. The highest BCUT2D eigenvalue weighted by Crippen LogP contribution is 2.26. The monoisotopic (exact) mass is 487 g/mol. The first-order valence-electron chi connectivity index (χ1n) is 12.8. The summed E-state index contributed by atoms with van der Waals surface area (Å²) in [6, 6.07) is 1.59. The van der Waals surface area contributed by atoms with Crippen molar-refractivity contribution in [2.45, 2.75) is 45.2 Å². The molecule has 36 heavy (non-hydrogen) atoms. The Balaban J connectivity index is 1.23. The third-order valence-electron chi connectivity index (χ3n) is 7.38. The number of nitrogens with zero attached hydrogens (tertiary/aromatic N) is 4. The van der Waals surface area contributed by atoms with Gasteiger partial charge in [-0.3, -0.25) is 19.3 Å². The highest BCUT2D eigenvalue weighted by Gasteiger charge is 2.36. The SMILES string of the molecule is CC(=O)N1CCN2Cc3cc(/C=C/C(=O)N4CCC=C(C5=CCCC=C5)CC4)cnc3NC(=O)C2C1. The normalized spacial score (nSPS) is 22.7. The molecule has 1 aliphatic carbocycles. The summed E-state index contributed by atoms with van der Waals surface area (Å²) in [7, 11) is 0. The number of anilines is 1. The highest BCUT2D eigenvalue weighted by atomic mass is 16.2. The van der Waals surface area contributed by atoms with Crippen molar-refractivity contribution in [3.8, 4) is 0 Å². The second-order valence-corrected chi connectivity index (χ2v) is 9.78. The molecule has 0 aromatic carbocycles. The van der Waals surface area contributed by atoms with Gasteiger partial charge in [0.2, 0.25) is 17.7 Å². The molecule has 188 valence electrons. The predicted octanol–water partition coefficient (Wildman–Crippen LogP) is 2.90. The van der Waals surface area contributed by atoms with Crippen LogP contribution in [0.15, 0.2) is 53.8 Å². The first kappa shape index (κ1) is 24.2. The van der Waals surface area contributed by atoms with E-state index in [0.29, 0.717) is 45.1 Å². The van der Waals surface area contributed by atoms with Gasteiger partial charge < -0.3 is 15.1 Å². The lowest BCUT2D eigenvalue weighted by molar-refractivity contribution is -0.134. The zero-order chi connectivity index (χ0) is 25.1. The summed E-state index contributed by atoms with van der Waals surface area (Å²) in [4.78, 5) is 47.7. The summed E-state index contributed by atoms with van der Waals surface area (Å²) >= 11 is 0. The molecule has 0 bridgehead atoms. The van der Waals surface area contributed by atoms with Crippen molar-refractivity contribution in [3.05, 3.63) is 64.9 Å². The van der Waals surface area contributed by atoms with Crippen molar-refractivity contribution in [2.24, 2.45) is 0 Å². The highest BCUT2D eigenvalue weighted by molar-refractivity contribution is 5.96. The van der Waals surface area contributed by atoms with Crippen LogP contribution < -0.4 is 5.32 Å². The Morgan fingerprint density at radius 3 is 2.78 bits per heavy atom. The maximum absolute atomic E-state index is 12.9. The van der Waals surface area contributed by atoms with Crippen molar-refractivity contribution in [2.75, 3.05) is 38.0 Å². The second-order valence-electron chi connectivity index (χ2n) is 9.78. The molecule has 4 heterocycles. The van der Waals surface area contributed by atoms with E-state index in [1.807, 2.05) is 11.0 Å². The molecule has 8 heteroatoms. The van der Waals surface area contributed by atoms with Gasteiger partial charge in [-0.05, 0) is 54.5 Å². The van der Waals surface area contributed by atoms with Gasteiger partial charge in [0, 0.05) is 64.0 Å². The molecule has 8 nitrogen and oxygen atoms in total. The predicted molar refractivity (Wildman–Crippen MR) is 139 cm³/mol. The van der Waals surface area contributed by atoms with Crippen LogP contribution in [0.25, 0.3) is 6.08 Å². The lowest BCUT2D eigenvalue weighted by Gasteiger charge is -2.38. The van der Waals surface area contributed by atoms with E-state index < -0.39 is 0 Å². The molecular formula is C28H33N5O3. The largest absolute Gasteiger partial charge is 0.340 e. The summed E-state index contributed by atoms with van der Waals surface area (Å²) in [5, 5.41) is 2.92. The topological polar surface area (TPSA) is 85.8 Å². The molecule has 3 amide bonds. The molecule has 1 N–H and O–H groups in total. The summed E-state index contributed by atoms with van der Waals surface area (Å²) in [5.41, 5.74) is 4.38. The number of carbonyl (C=O) groups excluding carboxylic acids is 3. The molecule has 3 aliphatic heterocycles. The fourth-order valence-electron chi connectivity index (χ4n) is 5.29. The van der Waals surface area contributed by atoms with Crippen LogP contribution in [0.3, 0.4) is 0 Å². The van der Waals surface area contributed by atoms with Gasteiger partial charge in [0.05, 0.1) is 0 Å². The summed E-state index contributed by atoms with van der Waals surface area (Å²) in [6.45, 7) is 5.15. The van der Waals surface area contributed by atoms with E-state index in [2.05, 4.69) is 39.5 Å². The van der Waals surface area contributed by atoms with Gasteiger partial charge in [0.25, 0.3) is 0 Å². The van der Waals surface area contributed by atoms with E-state index in [4.69, 9.17) is 0 Å². The van der Waals surface area contributed by atoms with E-state index in [0.717, 1.165) is 36.8 Å². The van der Waals surface area contributed by atoms with Gasteiger partial charge in [0.15, 0.2) is 0 Å². The Bertz CT molecular complexity index is 1180. The fourth-order valence-corrected chi connectivity index (χ4v) is 5.29. The first-order valence-corrected chi connectivity index (χ1v) is 12.8. The minimum atomic E-state index is -0.390. The van der Waals surface area contributed by atoms with Gasteiger partial charge in [-0.25, -0.2) is 4.98 Å². The van der Waals surface area contributed by atoms with E-state index in [9.17, 15) is 14.4 Å². The van der Waals surface area contributed by atoms with Gasteiger partial charge in [-0.1, -0.05) is 24.3 Å². The van der Waals surface area contributed by atoms with Crippen molar-refractivity contribution >= 4 is 29.6 Å². The van der Waals surface area contributed by atoms with E-state index in [-0.39, 0.29) is 23.8 Å². The fraction of sp³-hybridized carbons (Fsp3) is 0.429. The molecule has 1 aromatic rings. The number of fused-ring (bicyclic) bond motifs is 2. The standard InChI is InChI=1S/C28H33N5O3/c1-20(34)32-14-15-33-18-24-16-21(17-29-27(24)30-28(36)25(33)19-32)9-10-26(35)31-12-5-8-23(11-13-31)22-6-3-2-4-7-22/h3,6-10,16-17,25H,2,4-5,11-15,18-19H2,1H3,(H,29,30,36)/b10-9+. The van der Waals surface area contributed by atoms with Gasteiger partial charge in [0.1, 0.15) is 11.9 Å². The number of allylic oxidation sites excluding steroid dienone is 4. The van der Waals surface area contributed by atoms with Crippen LogP contribution in [0.5, 0.6) is 0 Å². The van der Waals surface area contributed by atoms with Gasteiger partial charge in [-0.15, -0.1) is 0 Å². The smallest absolute Gasteiger partial charge is 0.246 e. The summed E-state index contributed by atoms with van der Waals surface area (Å²) in [6.07, 6.45) is 18.0. The molecule has 1 unspecified atom stereocenters. The minimum Gasteiger partial charge on any atom is -0.340 e. The maximum atomic E-state index is 12.9. The molecule has 0 spiro atoms. The number of piperazine rings is 1. The number of aromatic nitrogens is 1. The summed E-state index contributed by atoms with van der Waals surface area (Å²) in [5.74, 6) is 0.393. The Morgan fingerprint density at radius 2 is 1.97 bits per heavy atom. The Labute approximate surface area is 212 Å². The van der Waals surface area contributed by atoms with Crippen molar-refractivity contribution in [3.63, 3.8) is 0 Å². The number of carbonyl (C=O) groups is 3. The van der Waals surface area contributed by atoms with Crippen LogP contribution in [0, 0.1) is 0 Å². The first-order chi connectivity index (χ1) is 17.5. The minimum absolute atomic E-state index is 0.00137. The Morgan fingerprint density at radius 1 is 1.08 bits per heavy atom. The van der Waals surface area contributed by atoms with Crippen molar-refractivity contribution < 1.29 is 14.4 Å². The molecule has 0 saturated carbocycles. The third-order valence-corrected chi connectivity index (χ3v) is 7.38. The van der Waals surface area contributed by atoms with Gasteiger partial charge >= 0.3 is 0 Å². The Kier molecular flexibility index (Phi) is 7.13. The van der Waals surface area contributed by atoms with Crippen LogP contribution in [0.4, 0.5) is 5.82 Å². The number of hydrogen-bond donors (Lipinski definition) is 1. The van der Waals surface area contributed by atoms with Crippen LogP contribution in [0.2, 0.25) is 0 Å². The molecule has 1 fully saturated rings. The zero-order valence-electron chi connectivity index (χ0n) is 20.8. The van der Waals surface area contributed by atoms with Crippen LogP contribution in [0.1, 0.15) is 43.7 Å². The number of nitrogens with one attached hydrogen (secondary N) is 1. The second kappa shape index (κ2) is 10.6. The van der Waals surface area contributed by atoms with Crippen molar-refractivity contribution in [1.29, 1.82) is 0 Å². The number of rotatable bonds is 3.